The van der Waals surface area contributed by atoms with Crippen molar-refractivity contribution in [3.8, 4) is 11.5 Å². The Labute approximate surface area is 202 Å². The van der Waals surface area contributed by atoms with Crippen LogP contribution < -0.4 is 14.8 Å². The third-order valence-corrected chi connectivity index (χ3v) is 6.20. The molecule has 0 spiro atoms. The fraction of sp³-hybridized carbons (Fsp3) is 0.462. The molecule has 2 amide bonds. The largest absolute Gasteiger partial charge is 0.497 e. The summed E-state index contributed by atoms with van der Waals surface area (Å²) in [7, 11) is 3.26. The van der Waals surface area contributed by atoms with Crippen LogP contribution in [-0.2, 0) is 21.9 Å². The van der Waals surface area contributed by atoms with Crippen molar-refractivity contribution >= 4 is 23.6 Å². The quantitative estimate of drug-likeness (QED) is 0.464. The van der Waals surface area contributed by atoms with Crippen molar-refractivity contribution in [2.24, 2.45) is 5.92 Å². The van der Waals surface area contributed by atoms with Crippen LogP contribution in [0.15, 0.2) is 48.5 Å². The molecule has 0 heterocycles. The molecule has 0 saturated heterocycles. The lowest BCUT2D eigenvalue weighted by Crippen LogP contribution is -2.50. The first kappa shape index (κ1) is 26.6. The van der Waals surface area contributed by atoms with Crippen LogP contribution in [0.5, 0.6) is 11.5 Å². The summed E-state index contributed by atoms with van der Waals surface area (Å²) in [6.45, 7) is 6.98. The molecule has 0 aliphatic carbocycles. The SMILES string of the molecule is CCC(C(=O)NCC(C)C)N(Cc1cccc(OC)c1)C(=O)CSCc1ccc(OC)cc1. The van der Waals surface area contributed by atoms with E-state index in [9.17, 15) is 9.59 Å². The van der Waals surface area contributed by atoms with Crippen molar-refractivity contribution in [1.82, 2.24) is 10.2 Å². The Hall–Kier alpha value is -2.67. The smallest absolute Gasteiger partial charge is 0.242 e. The van der Waals surface area contributed by atoms with E-state index in [1.807, 2.05) is 55.5 Å². The van der Waals surface area contributed by atoms with E-state index < -0.39 is 6.04 Å². The average molecular weight is 473 g/mol. The molecule has 2 aromatic rings. The van der Waals surface area contributed by atoms with E-state index in [0.29, 0.717) is 36.9 Å². The molecule has 0 radical (unpaired) electrons. The Kier molecular flexibility index (Phi) is 11.1. The lowest BCUT2D eigenvalue weighted by Gasteiger charge is -2.31. The van der Waals surface area contributed by atoms with Gasteiger partial charge in [-0.2, -0.15) is 0 Å². The van der Waals surface area contributed by atoms with E-state index in [1.165, 1.54) is 0 Å². The Morgan fingerprint density at radius 2 is 1.70 bits per heavy atom. The van der Waals surface area contributed by atoms with Crippen LogP contribution in [0.3, 0.4) is 0 Å². The van der Waals surface area contributed by atoms with Crippen LogP contribution >= 0.6 is 11.8 Å². The summed E-state index contributed by atoms with van der Waals surface area (Å²) in [4.78, 5) is 28.0. The molecule has 0 saturated carbocycles. The second kappa shape index (κ2) is 13.8. The summed E-state index contributed by atoms with van der Waals surface area (Å²) in [6.07, 6.45) is 0.544. The molecule has 33 heavy (non-hydrogen) atoms. The average Bonchev–Trinajstić information content (AvgIpc) is 2.83. The zero-order valence-corrected chi connectivity index (χ0v) is 21.1. The zero-order valence-electron chi connectivity index (χ0n) is 20.3. The number of nitrogens with zero attached hydrogens (tertiary/aromatic N) is 1. The molecule has 2 aromatic carbocycles. The predicted octanol–water partition coefficient (Wildman–Crippen LogP) is 4.52. The Morgan fingerprint density at radius 3 is 2.30 bits per heavy atom. The highest BCUT2D eigenvalue weighted by Crippen LogP contribution is 2.20. The molecule has 0 aliphatic heterocycles. The number of ether oxygens (including phenoxy) is 2. The number of amides is 2. The molecule has 2 rings (SSSR count). The van der Waals surface area contributed by atoms with Crippen LogP contribution in [0.25, 0.3) is 0 Å². The van der Waals surface area contributed by atoms with Gasteiger partial charge in [-0.1, -0.05) is 45.0 Å². The fourth-order valence-electron chi connectivity index (χ4n) is 3.37. The molecule has 0 bridgehead atoms. The van der Waals surface area contributed by atoms with Gasteiger partial charge < -0.3 is 19.7 Å². The van der Waals surface area contributed by atoms with E-state index in [2.05, 4.69) is 19.2 Å². The first-order valence-corrected chi connectivity index (χ1v) is 12.4. The highest BCUT2D eigenvalue weighted by Gasteiger charge is 2.28. The second-order valence-corrected chi connectivity index (χ2v) is 9.26. The van der Waals surface area contributed by atoms with Crippen molar-refractivity contribution in [1.29, 1.82) is 0 Å². The summed E-state index contributed by atoms with van der Waals surface area (Å²) in [5, 5.41) is 2.99. The van der Waals surface area contributed by atoms with Gasteiger partial charge in [-0.05, 0) is 47.7 Å². The van der Waals surface area contributed by atoms with Gasteiger partial charge in [-0.3, -0.25) is 9.59 Å². The Morgan fingerprint density at radius 1 is 1.00 bits per heavy atom. The van der Waals surface area contributed by atoms with Gasteiger partial charge in [0.15, 0.2) is 0 Å². The molecule has 0 aliphatic rings. The number of benzene rings is 2. The number of nitrogens with one attached hydrogen (secondary N) is 1. The van der Waals surface area contributed by atoms with Gasteiger partial charge in [0, 0.05) is 18.8 Å². The molecule has 0 aromatic heterocycles. The van der Waals surface area contributed by atoms with Crippen LogP contribution in [-0.4, -0.2) is 49.3 Å². The molecule has 180 valence electrons. The standard InChI is InChI=1S/C26H36N2O4S/c1-6-24(26(30)27-15-19(2)3)28(16-21-8-7-9-23(14-21)32-5)25(29)18-33-17-20-10-12-22(31-4)13-11-20/h7-14,19,24H,6,15-18H2,1-5H3,(H,27,30). The highest BCUT2D eigenvalue weighted by atomic mass is 32.2. The van der Waals surface area contributed by atoms with Crippen LogP contribution in [0.4, 0.5) is 0 Å². The summed E-state index contributed by atoms with van der Waals surface area (Å²) in [5.74, 6) is 2.72. The van der Waals surface area contributed by atoms with Gasteiger partial charge in [-0.25, -0.2) is 0 Å². The van der Waals surface area contributed by atoms with Gasteiger partial charge in [-0.15, -0.1) is 11.8 Å². The van der Waals surface area contributed by atoms with Crippen molar-refractivity contribution in [3.05, 3.63) is 59.7 Å². The number of hydrogen-bond acceptors (Lipinski definition) is 5. The van der Waals surface area contributed by atoms with Gasteiger partial charge in [0.05, 0.1) is 20.0 Å². The lowest BCUT2D eigenvalue weighted by molar-refractivity contribution is -0.139. The van der Waals surface area contributed by atoms with Crippen LogP contribution in [0, 0.1) is 5.92 Å². The van der Waals surface area contributed by atoms with Crippen molar-refractivity contribution in [3.63, 3.8) is 0 Å². The number of thioether (sulfide) groups is 1. The molecule has 1 atom stereocenters. The number of rotatable bonds is 13. The molecular formula is C26H36N2O4S. The number of carbonyl (C=O) groups excluding carboxylic acids is 2. The summed E-state index contributed by atoms with van der Waals surface area (Å²) >= 11 is 1.54. The van der Waals surface area contributed by atoms with Crippen LogP contribution in [0.1, 0.15) is 38.3 Å². The van der Waals surface area contributed by atoms with Crippen molar-refractivity contribution in [2.75, 3.05) is 26.5 Å². The summed E-state index contributed by atoms with van der Waals surface area (Å²) in [5.41, 5.74) is 2.05. The molecule has 6 nitrogen and oxygen atoms in total. The molecule has 0 fully saturated rings. The van der Waals surface area contributed by atoms with Crippen molar-refractivity contribution < 1.29 is 19.1 Å². The minimum atomic E-state index is -0.524. The van der Waals surface area contributed by atoms with E-state index in [1.54, 1.807) is 30.9 Å². The maximum atomic E-state index is 13.3. The Balaban J connectivity index is 2.12. The zero-order chi connectivity index (χ0) is 24.2. The monoisotopic (exact) mass is 472 g/mol. The van der Waals surface area contributed by atoms with E-state index in [-0.39, 0.29) is 11.8 Å². The number of carbonyl (C=O) groups is 2. The first-order chi connectivity index (χ1) is 15.9. The van der Waals surface area contributed by atoms with Gasteiger partial charge >= 0.3 is 0 Å². The first-order valence-electron chi connectivity index (χ1n) is 11.3. The topological polar surface area (TPSA) is 67.9 Å². The van der Waals surface area contributed by atoms with Gasteiger partial charge in [0.1, 0.15) is 17.5 Å². The molecular weight excluding hydrogens is 436 g/mol. The summed E-state index contributed by atoms with van der Waals surface area (Å²) in [6, 6.07) is 14.9. The van der Waals surface area contributed by atoms with E-state index >= 15 is 0 Å². The highest BCUT2D eigenvalue weighted by molar-refractivity contribution is 7.99. The normalized spacial score (nSPS) is 11.7. The summed E-state index contributed by atoms with van der Waals surface area (Å²) < 4.78 is 10.5. The number of methoxy groups -OCH3 is 2. The predicted molar refractivity (Wildman–Crippen MR) is 135 cm³/mol. The fourth-order valence-corrected chi connectivity index (χ4v) is 4.24. The van der Waals surface area contributed by atoms with Crippen molar-refractivity contribution in [2.45, 2.75) is 45.5 Å². The van der Waals surface area contributed by atoms with E-state index in [4.69, 9.17) is 9.47 Å². The lowest BCUT2D eigenvalue weighted by atomic mass is 10.1. The minimum absolute atomic E-state index is 0.0529. The van der Waals surface area contributed by atoms with E-state index in [0.717, 1.165) is 22.6 Å². The van der Waals surface area contributed by atoms with Gasteiger partial charge in [0.25, 0.3) is 0 Å². The molecule has 7 heteroatoms. The minimum Gasteiger partial charge on any atom is -0.497 e. The third-order valence-electron chi connectivity index (χ3n) is 5.21. The maximum Gasteiger partial charge on any atom is 0.242 e. The third kappa shape index (κ3) is 8.65. The number of hydrogen-bond donors (Lipinski definition) is 1. The molecule has 1 unspecified atom stereocenters. The maximum absolute atomic E-state index is 13.3. The second-order valence-electron chi connectivity index (χ2n) is 8.28. The molecule has 1 N–H and O–H groups in total. The van der Waals surface area contributed by atoms with Gasteiger partial charge in [0.2, 0.25) is 11.8 Å². The van der Waals surface area contributed by atoms with Crippen LogP contribution in [0.2, 0.25) is 0 Å². The Bertz CT molecular complexity index is 886.